The molecule has 0 spiro atoms. The van der Waals surface area contributed by atoms with Gasteiger partial charge < -0.3 is 19.9 Å². The van der Waals surface area contributed by atoms with Gasteiger partial charge in [-0.05, 0) is 25.5 Å². The number of amides is 1. The number of para-hydroxylation sites is 1. The highest BCUT2D eigenvalue weighted by Gasteiger charge is 2.25. The fourth-order valence-corrected chi connectivity index (χ4v) is 2.76. The van der Waals surface area contributed by atoms with Crippen LogP contribution in [0.15, 0.2) is 35.0 Å². The Morgan fingerprint density at radius 2 is 2.08 bits per heavy atom. The van der Waals surface area contributed by atoms with Crippen molar-refractivity contribution < 1.29 is 19.2 Å². The smallest absolute Gasteiger partial charge is 0.326 e. The third-order valence-electron chi connectivity index (χ3n) is 3.96. The summed E-state index contributed by atoms with van der Waals surface area (Å²) in [5.74, 6) is -1.24. The average Bonchev–Trinajstić information content (AvgIpc) is 3.10. The molecule has 0 aliphatic carbocycles. The number of H-pyrrole nitrogens is 1. The van der Waals surface area contributed by atoms with Gasteiger partial charge in [0.1, 0.15) is 17.4 Å². The fourth-order valence-electron chi connectivity index (χ4n) is 2.76. The lowest BCUT2D eigenvalue weighted by molar-refractivity contribution is -0.139. The molecule has 0 fully saturated rings. The van der Waals surface area contributed by atoms with Crippen molar-refractivity contribution in [3.05, 3.63) is 53.0 Å². The number of aromatic nitrogens is 2. The number of carboxylic acids is 1. The van der Waals surface area contributed by atoms with Crippen LogP contribution in [0, 0.1) is 13.8 Å². The largest absolute Gasteiger partial charge is 0.480 e. The van der Waals surface area contributed by atoms with Gasteiger partial charge in [0.05, 0.1) is 5.69 Å². The van der Waals surface area contributed by atoms with Crippen LogP contribution in [0.5, 0.6) is 0 Å². The first-order valence-electron chi connectivity index (χ1n) is 7.49. The van der Waals surface area contributed by atoms with Crippen molar-refractivity contribution in [1.29, 1.82) is 0 Å². The molecule has 2 aromatic heterocycles. The van der Waals surface area contributed by atoms with E-state index in [1.165, 1.54) is 0 Å². The number of aliphatic carboxylic acids is 1. The van der Waals surface area contributed by atoms with E-state index in [2.05, 4.69) is 15.5 Å². The van der Waals surface area contributed by atoms with Crippen LogP contribution in [0.1, 0.15) is 27.4 Å². The maximum Gasteiger partial charge on any atom is 0.326 e. The van der Waals surface area contributed by atoms with Crippen LogP contribution in [0.4, 0.5) is 0 Å². The van der Waals surface area contributed by atoms with Crippen molar-refractivity contribution in [3.63, 3.8) is 0 Å². The summed E-state index contributed by atoms with van der Waals surface area (Å²) in [7, 11) is 0. The summed E-state index contributed by atoms with van der Waals surface area (Å²) < 4.78 is 4.96. The Balaban J connectivity index is 1.83. The van der Waals surface area contributed by atoms with Gasteiger partial charge in [-0.2, -0.15) is 0 Å². The van der Waals surface area contributed by atoms with Crippen LogP contribution in [0.25, 0.3) is 10.9 Å². The van der Waals surface area contributed by atoms with Crippen molar-refractivity contribution in [1.82, 2.24) is 15.5 Å². The van der Waals surface area contributed by atoms with Crippen LogP contribution in [-0.2, 0) is 11.2 Å². The quantitative estimate of drug-likeness (QED) is 0.666. The van der Waals surface area contributed by atoms with Crippen LogP contribution < -0.4 is 5.32 Å². The van der Waals surface area contributed by atoms with Gasteiger partial charge in [-0.25, -0.2) is 4.79 Å². The van der Waals surface area contributed by atoms with Crippen molar-refractivity contribution in [2.75, 3.05) is 0 Å². The number of rotatable bonds is 5. The van der Waals surface area contributed by atoms with Crippen LogP contribution in [0.2, 0.25) is 0 Å². The summed E-state index contributed by atoms with van der Waals surface area (Å²) in [4.78, 5) is 27.0. The van der Waals surface area contributed by atoms with Crippen molar-refractivity contribution in [2.24, 2.45) is 0 Å². The van der Waals surface area contributed by atoms with E-state index in [0.717, 1.165) is 16.5 Å². The molecule has 0 saturated carbocycles. The Bertz CT molecular complexity index is 890. The van der Waals surface area contributed by atoms with E-state index in [4.69, 9.17) is 4.52 Å². The standard InChI is InChI=1S/C17H17N3O4/c1-9-15(10(2)24-20-9)16(21)19-14(17(22)23)7-11-8-18-13-6-4-3-5-12(11)13/h3-6,8,14,18H,7H2,1-2H3,(H,19,21)(H,22,23)/t14-/m1/s1. The van der Waals surface area contributed by atoms with Gasteiger partial charge in [0, 0.05) is 23.5 Å². The molecule has 7 heteroatoms. The molecule has 0 saturated heterocycles. The topological polar surface area (TPSA) is 108 Å². The van der Waals surface area contributed by atoms with Gasteiger partial charge >= 0.3 is 5.97 Å². The molecule has 3 aromatic rings. The predicted octanol–water partition coefficient (Wildman–Crippen LogP) is 2.20. The van der Waals surface area contributed by atoms with Gasteiger partial charge in [-0.15, -0.1) is 0 Å². The third-order valence-corrected chi connectivity index (χ3v) is 3.96. The highest BCUT2D eigenvalue weighted by atomic mass is 16.5. The average molecular weight is 327 g/mol. The van der Waals surface area contributed by atoms with Gasteiger partial charge in [0.2, 0.25) is 0 Å². The van der Waals surface area contributed by atoms with Gasteiger partial charge in [-0.1, -0.05) is 23.4 Å². The predicted molar refractivity (Wildman–Crippen MR) is 86.9 cm³/mol. The molecule has 24 heavy (non-hydrogen) atoms. The minimum atomic E-state index is -1.10. The van der Waals surface area contributed by atoms with Crippen LogP contribution >= 0.6 is 0 Å². The molecule has 1 aromatic carbocycles. The van der Waals surface area contributed by atoms with E-state index < -0.39 is 17.9 Å². The molecule has 0 aliphatic rings. The minimum absolute atomic E-state index is 0.175. The van der Waals surface area contributed by atoms with E-state index in [1.807, 2.05) is 24.3 Å². The summed E-state index contributed by atoms with van der Waals surface area (Å²) in [5.41, 5.74) is 2.46. The van der Waals surface area contributed by atoms with Crippen LogP contribution in [0.3, 0.4) is 0 Å². The number of nitrogens with zero attached hydrogens (tertiary/aromatic N) is 1. The van der Waals surface area contributed by atoms with Gasteiger partial charge in [0.25, 0.3) is 5.91 Å². The summed E-state index contributed by atoms with van der Waals surface area (Å²) in [6, 6.07) is 6.56. The summed E-state index contributed by atoms with van der Waals surface area (Å²) in [6.07, 6.45) is 1.94. The number of carboxylic acid groups (broad SMARTS) is 1. The molecule has 2 heterocycles. The molecule has 124 valence electrons. The zero-order valence-electron chi connectivity index (χ0n) is 13.3. The first kappa shape index (κ1) is 15.8. The molecule has 3 rings (SSSR count). The summed E-state index contributed by atoms with van der Waals surface area (Å²) >= 11 is 0. The zero-order valence-corrected chi connectivity index (χ0v) is 13.3. The molecule has 0 bridgehead atoms. The van der Waals surface area contributed by atoms with E-state index in [-0.39, 0.29) is 12.0 Å². The number of nitrogens with one attached hydrogen (secondary N) is 2. The molecule has 0 unspecified atom stereocenters. The third kappa shape index (κ3) is 2.88. The van der Waals surface area contributed by atoms with Crippen molar-refractivity contribution in [3.8, 4) is 0 Å². The normalized spacial score (nSPS) is 12.2. The number of hydrogen-bond donors (Lipinski definition) is 3. The van der Waals surface area contributed by atoms with Gasteiger partial charge in [0.15, 0.2) is 0 Å². The van der Waals surface area contributed by atoms with Gasteiger partial charge in [-0.3, -0.25) is 4.79 Å². The van der Waals surface area contributed by atoms with E-state index in [1.54, 1.807) is 20.0 Å². The van der Waals surface area contributed by atoms with E-state index in [0.29, 0.717) is 11.5 Å². The summed E-state index contributed by atoms with van der Waals surface area (Å²) in [6.45, 7) is 3.26. The monoisotopic (exact) mass is 327 g/mol. The number of benzene rings is 1. The van der Waals surface area contributed by atoms with E-state index in [9.17, 15) is 14.7 Å². The molecule has 1 amide bonds. The number of aryl methyl sites for hydroxylation is 2. The van der Waals surface area contributed by atoms with Crippen molar-refractivity contribution >= 4 is 22.8 Å². The minimum Gasteiger partial charge on any atom is -0.480 e. The first-order valence-corrected chi connectivity index (χ1v) is 7.49. The lowest BCUT2D eigenvalue weighted by Crippen LogP contribution is -2.42. The second-order valence-electron chi connectivity index (χ2n) is 5.63. The molecular weight excluding hydrogens is 310 g/mol. The first-order chi connectivity index (χ1) is 11.5. The molecule has 3 N–H and O–H groups in total. The second-order valence-corrected chi connectivity index (χ2v) is 5.63. The lowest BCUT2D eigenvalue weighted by Gasteiger charge is -2.14. The van der Waals surface area contributed by atoms with Crippen LogP contribution in [-0.4, -0.2) is 33.2 Å². The molecule has 0 radical (unpaired) electrons. The highest BCUT2D eigenvalue weighted by molar-refractivity contribution is 5.98. The number of carbonyl (C=O) groups is 2. The molecule has 1 atom stereocenters. The Hall–Kier alpha value is -3.09. The Kier molecular flexibility index (Phi) is 4.07. The number of fused-ring (bicyclic) bond motifs is 1. The summed E-state index contributed by atoms with van der Waals surface area (Å²) in [5, 5.41) is 16.7. The maximum absolute atomic E-state index is 12.4. The molecule has 7 nitrogen and oxygen atoms in total. The number of hydrogen-bond acceptors (Lipinski definition) is 4. The zero-order chi connectivity index (χ0) is 17.3. The Morgan fingerprint density at radius 1 is 1.33 bits per heavy atom. The lowest BCUT2D eigenvalue weighted by atomic mass is 10.0. The molecular formula is C17H17N3O4. The number of carbonyl (C=O) groups excluding carboxylic acids is 1. The maximum atomic E-state index is 12.4. The Labute approximate surface area is 137 Å². The number of aromatic amines is 1. The SMILES string of the molecule is Cc1noc(C)c1C(=O)N[C@H](Cc1c[nH]c2ccccc12)C(=O)O. The van der Waals surface area contributed by atoms with E-state index >= 15 is 0 Å². The second kappa shape index (κ2) is 6.19. The Morgan fingerprint density at radius 3 is 2.75 bits per heavy atom. The highest BCUT2D eigenvalue weighted by Crippen LogP contribution is 2.19. The van der Waals surface area contributed by atoms with Crippen molar-refractivity contribution in [2.45, 2.75) is 26.3 Å². The fraction of sp³-hybridized carbons (Fsp3) is 0.235. The molecule has 0 aliphatic heterocycles.